The zero-order valence-corrected chi connectivity index (χ0v) is 14.7. The Bertz CT molecular complexity index is 959. The molecule has 1 N–H and O–H groups in total. The first-order chi connectivity index (χ1) is 12.2. The summed E-state index contributed by atoms with van der Waals surface area (Å²) in [4.78, 5) is 16.9. The lowest BCUT2D eigenvalue weighted by atomic mass is 10.2. The molecule has 0 spiro atoms. The first kappa shape index (κ1) is 16.0. The molecule has 0 fully saturated rings. The molecule has 2 aromatic carbocycles. The third kappa shape index (κ3) is 2.96. The smallest absolute Gasteiger partial charge is 0.270 e. The van der Waals surface area contributed by atoms with E-state index in [1.54, 1.807) is 31.4 Å². The fourth-order valence-corrected chi connectivity index (χ4v) is 3.66. The largest absolute Gasteiger partial charge is 0.494 e. The van der Waals surface area contributed by atoms with E-state index in [1.165, 1.54) is 11.3 Å². The molecule has 0 radical (unpaired) electrons. The van der Waals surface area contributed by atoms with Crippen molar-refractivity contribution in [2.45, 2.75) is 6.10 Å². The van der Waals surface area contributed by atoms with Gasteiger partial charge in [-0.2, -0.15) is 0 Å². The van der Waals surface area contributed by atoms with Crippen LogP contribution >= 0.6 is 22.9 Å². The molecule has 0 bridgehead atoms. The summed E-state index contributed by atoms with van der Waals surface area (Å²) in [5.41, 5.74) is 0.612. The number of hydrogen-bond donors (Lipinski definition) is 1. The van der Waals surface area contributed by atoms with Gasteiger partial charge in [0.2, 0.25) is 6.10 Å². The van der Waals surface area contributed by atoms with E-state index in [9.17, 15) is 4.79 Å². The first-order valence-electron chi connectivity index (χ1n) is 7.48. The number of para-hydroxylation sites is 2. The molecule has 0 saturated carbocycles. The van der Waals surface area contributed by atoms with E-state index in [0.717, 1.165) is 4.70 Å². The van der Waals surface area contributed by atoms with Gasteiger partial charge in [0, 0.05) is 0 Å². The van der Waals surface area contributed by atoms with E-state index in [0.29, 0.717) is 32.9 Å². The zero-order chi connectivity index (χ0) is 17.4. The first-order valence-corrected chi connectivity index (χ1v) is 8.67. The predicted molar refractivity (Wildman–Crippen MR) is 96.2 cm³/mol. The number of nitrogens with zero attached hydrogens (tertiary/aromatic N) is 1. The summed E-state index contributed by atoms with van der Waals surface area (Å²) in [7, 11) is 1.56. The summed E-state index contributed by atoms with van der Waals surface area (Å²) >= 11 is 7.48. The van der Waals surface area contributed by atoms with Crippen LogP contribution in [-0.4, -0.2) is 30.7 Å². The van der Waals surface area contributed by atoms with Gasteiger partial charge in [-0.05, 0) is 24.3 Å². The molecule has 0 saturated heterocycles. The summed E-state index contributed by atoms with van der Waals surface area (Å²) in [6.07, 6.45) is -0.751. The van der Waals surface area contributed by atoms with Crippen molar-refractivity contribution in [2.75, 3.05) is 19.0 Å². The number of carbonyl (C=O) groups excluding carboxylic acids is 1. The molecule has 4 rings (SSSR count). The molecular weight excluding hydrogens is 364 g/mol. The number of carbonyl (C=O) groups is 1. The van der Waals surface area contributed by atoms with Gasteiger partial charge in [0.05, 0.1) is 16.8 Å². The van der Waals surface area contributed by atoms with Gasteiger partial charge >= 0.3 is 0 Å². The van der Waals surface area contributed by atoms with Crippen molar-refractivity contribution in [1.29, 1.82) is 0 Å². The topological polar surface area (TPSA) is 69.7 Å². The van der Waals surface area contributed by atoms with E-state index < -0.39 is 6.10 Å². The van der Waals surface area contributed by atoms with E-state index in [1.807, 2.05) is 12.1 Å². The molecule has 3 aromatic rings. The lowest BCUT2D eigenvalue weighted by molar-refractivity contribution is -0.125. The Morgan fingerprint density at radius 3 is 2.92 bits per heavy atom. The SMILES string of the molecule is COc1ccc(Cl)c2sc(NC(=O)[C@@H]3COc4ccccc4O3)nc12. The van der Waals surface area contributed by atoms with Crippen LogP contribution in [0.3, 0.4) is 0 Å². The molecule has 2 heterocycles. The highest BCUT2D eigenvalue weighted by Gasteiger charge is 2.28. The monoisotopic (exact) mass is 376 g/mol. The maximum Gasteiger partial charge on any atom is 0.270 e. The Morgan fingerprint density at radius 1 is 1.32 bits per heavy atom. The van der Waals surface area contributed by atoms with Gasteiger partial charge < -0.3 is 14.2 Å². The summed E-state index contributed by atoms with van der Waals surface area (Å²) in [5, 5.41) is 3.74. The summed E-state index contributed by atoms with van der Waals surface area (Å²) in [6.45, 7) is 0.137. The second-order valence-corrected chi connectivity index (χ2v) is 6.71. The number of halogens is 1. The minimum absolute atomic E-state index is 0.137. The Balaban J connectivity index is 1.55. The lowest BCUT2D eigenvalue weighted by Gasteiger charge is -2.25. The number of rotatable bonds is 3. The molecule has 128 valence electrons. The van der Waals surface area contributed by atoms with Crippen molar-refractivity contribution in [3.8, 4) is 17.2 Å². The Kier molecular flexibility index (Phi) is 4.10. The average molecular weight is 377 g/mol. The summed E-state index contributed by atoms with van der Waals surface area (Å²) in [6, 6.07) is 10.7. The Labute approximate surface area is 152 Å². The molecule has 1 aromatic heterocycles. The quantitative estimate of drug-likeness (QED) is 0.754. The van der Waals surface area contributed by atoms with Gasteiger partial charge in [0.25, 0.3) is 5.91 Å². The number of hydrogen-bond acceptors (Lipinski definition) is 6. The van der Waals surface area contributed by atoms with Gasteiger partial charge in [-0.3, -0.25) is 10.1 Å². The zero-order valence-electron chi connectivity index (χ0n) is 13.1. The summed E-state index contributed by atoms with van der Waals surface area (Å²) in [5.74, 6) is 1.44. The average Bonchev–Trinajstić information content (AvgIpc) is 3.06. The van der Waals surface area contributed by atoms with Crippen LogP contribution in [0.15, 0.2) is 36.4 Å². The fraction of sp³-hybridized carbons (Fsp3) is 0.176. The maximum atomic E-state index is 12.5. The van der Waals surface area contributed by atoms with Gasteiger partial charge in [-0.15, -0.1) is 0 Å². The lowest BCUT2D eigenvalue weighted by Crippen LogP contribution is -2.40. The van der Waals surface area contributed by atoms with Crippen LogP contribution in [0.2, 0.25) is 5.02 Å². The molecule has 0 unspecified atom stereocenters. The number of thiazole rings is 1. The van der Waals surface area contributed by atoms with E-state index in [4.69, 9.17) is 25.8 Å². The molecule has 6 nitrogen and oxygen atoms in total. The number of ether oxygens (including phenoxy) is 3. The van der Waals surface area contributed by atoms with Crippen LogP contribution in [0.1, 0.15) is 0 Å². The maximum absolute atomic E-state index is 12.5. The molecule has 1 aliphatic rings. The second kappa shape index (κ2) is 6.42. The van der Waals surface area contributed by atoms with Crippen molar-refractivity contribution < 1.29 is 19.0 Å². The standard InChI is InChI=1S/C17H13ClN2O4S/c1-22-12-7-6-9(18)15-14(12)19-17(25-15)20-16(21)13-8-23-10-4-2-3-5-11(10)24-13/h2-7,13H,8H2,1H3,(H,19,20,21)/t13-/m0/s1. The normalized spacial score (nSPS) is 15.8. The van der Waals surface area contributed by atoms with Crippen LogP contribution < -0.4 is 19.5 Å². The van der Waals surface area contributed by atoms with Gasteiger partial charge in [-0.1, -0.05) is 35.1 Å². The van der Waals surface area contributed by atoms with Crippen LogP contribution in [0.4, 0.5) is 5.13 Å². The molecule has 25 heavy (non-hydrogen) atoms. The fourth-order valence-electron chi connectivity index (χ4n) is 2.51. The van der Waals surface area contributed by atoms with E-state index in [2.05, 4.69) is 10.3 Å². The van der Waals surface area contributed by atoms with Crippen molar-refractivity contribution in [3.63, 3.8) is 0 Å². The highest BCUT2D eigenvalue weighted by Crippen LogP contribution is 2.37. The highest BCUT2D eigenvalue weighted by atomic mass is 35.5. The number of nitrogens with one attached hydrogen (secondary N) is 1. The minimum atomic E-state index is -0.751. The second-order valence-electron chi connectivity index (χ2n) is 5.30. The van der Waals surface area contributed by atoms with Gasteiger partial charge in [0.1, 0.15) is 17.9 Å². The van der Waals surface area contributed by atoms with Crippen LogP contribution in [-0.2, 0) is 4.79 Å². The minimum Gasteiger partial charge on any atom is -0.494 e. The number of anilines is 1. The van der Waals surface area contributed by atoms with Crippen molar-refractivity contribution in [3.05, 3.63) is 41.4 Å². The van der Waals surface area contributed by atoms with Gasteiger partial charge in [0.15, 0.2) is 16.6 Å². The third-order valence-electron chi connectivity index (χ3n) is 3.71. The predicted octanol–water partition coefficient (Wildman–Crippen LogP) is 3.74. The molecule has 8 heteroatoms. The van der Waals surface area contributed by atoms with Crippen molar-refractivity contribution in [1.82, 2.24) is 4.98 Å². The molecule has 1 atom stereocenters. The van der Waals surface area contributed by atoms with Gasteiger partial charge in [-0.25, -0.2) is 4.98 Å². The van der Waals surface area contributed by atoms with Crippen LogP contribution in [0.5, 0.6) is 17.2 Å². The van der Waals surface area contributed by atoms with Crippen molar-refractivity contribution >= 4 is 44.2 Å². The number of benzene rings is 2. The third-order valence-corrected chi connectivity index (χ3v) is 5.14. The molecule has 1 aliphatic heterocycles. The van der Waals surface area contributed by atoms with Crippen LogP contribution in [0, 0.1) is 0 Å². The van der Waals surface area contributed by atoms with E-state index >= 15 is 0 Å². The molecule has 1 amide bonds. The highest BCUT2D eigenvalue weighted by molar-refractivity contribution is 7.23. The van der Waals surface area contributed by atoms with Crippen molar-refractivity contribution in [2.24, 2.45) is 0 Å². The number of aromatic nitrogens is 1. The molecule has 0 aliphatic carbocycles. The molecular formula is C17H13ClN2O4S. The number of methoxy groups -OCH3 is 1. The van der Waals surface area contributed by atoms with Crippen LogP contribution in [0.25, 0.3) is 10.2 Å². The summed E-state index contributed by atoms with van der Waals surface area (Å²) < 4.78 is 17.3. The number of fused-ring (bicyclic) bond motifs is 2. The number of amides is 1. The Hall–Kier alpha value is -2.51. The Morgan fingerprint density at radius 2 is 2.12 bits per heavy atom. The van der Waals surface area contributed by atoms with E-state index in [-0.39, 0.29) is 12.5 Å².